The molecule has 0 bridgehead atoms. The van der Waals surface area contributed by atoms with Gasteiger partial charge in [-0.15, -0.1) is 5.06 Å². The first-order valence-corrected chi connectivity index (χ1v) is 5.00. The van der Waals surface area contributed by atoms with Crippen molar-refractivity contribution in [3.63, 3.8) is 0 Å². The van der Waals surface area contributed by atoms with E-state index in [9.17, 15) is 9.59 Å². The lowest BCUT2D eigenvalue weighted by molar-refractivity contribution is -0.173. The van der Waals surface area contributed by atoms with Gasteiger partial charge >= 0.3 is 12.1 Å². The van der Waals surface area contributed by atoms with Crippen LogP contribution in [0.2, 0.25) is 0 Å². The lowest BCUT2D eigenvalue weighted by Crippen LogP contribution is -2.31. The lowest BCUT2D eigenvalue weighted by Gasteiger charge is -2.13. The van der Waals surface area contributed by atoms with Crippen molar-refractivity contribution >= 4 is 12.1 Å². The predicted octanol–water partition coefficient (Wildman–Crippen LogP) is 2.19. The Balaban J connectivity index is 3.90. The Labute approximate surface area is 89.3 Å². The molecule has 0 saturated carbocycles. The molecule has 1 N–H and O–H groups in total. The van der Waals surface area contributed by atoms with Gasteiger partial charge < -0.3 is 9.94 Å². The third-order valence-electron chi connectivity index (χ3n) is 1.68. The molecule has 0 atom stereocenters. The zero-order valence-electron chi connectivity index (χ0n) is 9.10. The summed E-state index contributed by atoms with van der Waals surface area (Å²) in [5.41, 5.74) is 0. The molecule has 0 radical (unpaired) electrons. The van der Waals surface area contributed by atoms with Crippen LogP contribution in [-0.2, 0) is 9.63 Å². The fourth-order valence-electron chi connectivity index (χ4n) is 0.879. The van der Waals surface area contributed by atoms with Crippen molar-refractivity contribution in [3.8, 4) is 0 Å². The number of carbonyl (C=O) groups excluding carboxylic acids is 1. The molecule has 0 unspecified atom stereocenters. The van der Waals surface area contributed by atoms with E-state index in [-0.39, 0.29) is 6.54 Å². The second-order valence-corrected chi connectivity index (χ2v) is 2.93. The van der Waals surface area contributed by atoms with Crippen LogP contribution in [0.25, 0.3) is 0 Å². The van der Waals surface area contributed by atoms with E-state index < -0.39 is 12.1 Å². The summed E-state index contributed by atoms with van der Waals surface area (Å²) < 4.78 is 0. The summed E-state index contributed by atoms with van der Waals surface area (Å²) in [6.45, 7) is 3.75. The molecule has 5 heteroatoms. The summed E-state index contributed by atoms with van der Waals surface area (Å²) in [5, 5.41) is 9.15. The van der Waals surface area contributed by atoms with Crippen LogP contribution >= 0.6 is 0 Å². The fourth-order valence-corrected chi connectivity index (χ4v) is 0.879. The third-order valence-corrected chi connectivity index (χ3v) is 1.68. The topological polar surface area (TPSA) is 66.8 Å². The maximum absolute atomic E-state index is 11.1. The van der Waals surface area contributed by atoms with Gasteiger partial charge in [-0.1, -0.05) is 25.8 Å². The van der Waals surface area contributed by atoms with Crippen LogP contribution in [-0.4, -0.2) is 28.8 Å². The molecule has 0 aliphatic heterocycles. The summed E-state index contributed by atoms with van der Waals surface area (Å²) in [6, 6.07) is 0. The average Bonchev–Trinajstić information content (AvgIpc) is 2.20. The molecule has 15 heavy (non-hydrogen) atoms. The van der Waals surface area contributed by atoms with E-state index >= 15 is 0 Å². The zero-order chi connectivity index (χ0) is 11.7. The SMILES string of the molecule is CCCCC=CC(=O)ON(CC)C(=O)O. The van der Waals surface area contributed by atoms with Gasteiger partial charge in [-0.25, -0.2) is 9.59 Å². The normalized spacial score (nSPS) is 10.3. The van der Waals surface area contributed by atoms with Gasteiger partial charge in [0.05, 0.1) is 6.54 Å². The van der Waals surface area contributed by atoms with Crippen molar-refractivity contribution in [3.05, 3.63) is 12.2 Å². The van der Waals surface area contributed by atoms with Crippen molar-refractivity contribution in [2.24, 2.45) is 0 Å². The van der Waals surface area contributed by atoms with E-state index in [0.717, 1.165) is 19.3 Å². The number of carboxylic acid groups (broad SMARTS) is 1. The Morgan fingerprint density at radius 1 is 1.40 bits per heavy atom. The molecule has 0 rings (SSSR count). The Bertz CT molecular complexity index is 238. The van der Waals surface area contributed by atoms with Crippen molar-refractivity contribution in [2.45, 2.75) is 33.1 Å². The number of allylic oxidation sites excluding steroid dienone is 1. The van der Waals surface area contributed by atoms with Gasteiger partial charge in [0.25, 0.3) is 0 Å². The number of nitrogens with zero attached hydrogens (tertiary/aromatic N) is 1. The Kier molecular flexibility index (Phi) is 7.05. The van der Waals surface area contributed by atoms with E-state index in [1.54, 1.807) is 13.0 Å². The first-order valence-electron chi connectivity index (χ1n) is 5.00. The second-order valence-electron chi connectivity index (χ2n) is 2.93. The van der Waals surface area contributed by atoms with Crippen LogP contribution < -0.4 is 0 Å². The summed E-state index contributed by atoms with van der Waals surface area (Å²) in [7, 11) is 0. The number of hydroxylamine groups is 2. The van der Waals surface area contributed by atoms with E-state index in [1.807, 2.05) is 0 Å². The van der Waals surface area contributed by atoms with Gasteiger partial charge in [0.1, 0.15) is 0 Å². The molecule has 1 amide bonds. The molecule has 0 aliphatic rings. The van der Waals surface area contributed by atoms with Gasteiger partial charge in [0.2, 0.25) is 0 Å². The molecule has 0 fully saturated rings. The monoisotopic (exact) mass is 215 g/mol. The molecule has 0 aromatic carbocycles. The van der Waals surface area contributed by atoms with Gasteiger partial charge in [0, 0.05) is 6.08 Å². The van der Waals surface area contributed by atoms with E-state index in [0.29, 0.717) is 5.06 Å². The Hall–Kier alpha value is -1.52. The fraction of sp³-hybridized carbons (Fsp3) is 0.600. The molecule has 0 aromatic rings. The highest BCUT2D eigenvalue weighted by Crippen LogP contribution is 1.97. The quantitative estimate of drug-likeness (QED) is 0.433. The van der Waals surface area contributed by atoms with Crippen molar-refractivity contribution in [1.82, 2.24) is 5.06 Å². The largest absolute Gasteiger partial charge is 0.463 e. The predicted molar refractivity (Wildman–Crippen MR) is 55.2 cm³/mol. The first-order chi connectivity index (χ1) is 7.11. The van der Waals surface area contributed by atoms with Gasteiger partial charge in [0.15, 0.2) is 0 Å². The molecule has 0 saturated heterocycles. The molecule has 0 heterocycles. The third kappa shape index (κ3) is 6.54. The maximum atomic E-state index is 11.1. The summed E-state index contributed by atoms with van der Waals surface area (Å²) in [6.07, 6.45) is 4.51. The molecule has 0 spiro atoms. The number of hydrogen-bond acceptors (Lipinski definition) is 3. The second kappa shape index (κ2) is 7.84. The van der Waals surface area contributed by atoms with Crippen LogP contribution in [0.5, 0.6) is 0 Å². The molecule has 86 valence electrons. The first kappa shape index (κ1) is 13.5. The van der Waals surface area contributed by atoms with Crippen LogP contribution in [0.1, 0.15) is 33.1 Å². The highest BCUT2D eigenvalue weighted by Gasteiger charge is 2.12. The number of amides is 1. The number of rotatable bonds is 5. The minimum Gasteiger partial charge on any atom is -0.463 e. The van der Waals surface area contributed by atoms with Crippen molar-refractivity contribution in [2.75, 3.05) is 6.54 Å². The minimum atomic E-state index is -1.27. The summed E-state index contributed by atoms with van der Waals surface area (Å²) in [5.74, 6) is -0.657. The van der Waals surface area contributed by atoms with Crippen molar-refractivity contribution in [1.29, 1.82) is 0 Å². The maximum Gasteiger partial charge on any atom is 0.440 e. The molecular formula is C10H17NO4. The highest BCUT2D eigenvalue weighted by atomic mass is 16.7. The van der Waals surface area contributed by atoms with Gasteiger partial charge in [-0.3, -0.25) is 0 Å². The number of unbranched alkanes of at least 4 members (excludes halogenated alkanes) is 2. The lowest BCUT2D eigenvalue weighted by atomic mass is 10.2. The van der Waals surface area contributed by atoms with Gasteiger partial charge in [-0.2, -0.15) is 0 Å². The van der Waals surface area contributed by atoms with Gasteiger partial charge in [-0.05, 0) is 13.3 Å². The number of hydrogen-bond donors (Lipinski definition) is 1. The number of carbonyl (C=O) groups is 2. The summed E-state index contributed by atoms with van der Waals surface area (Å²) >= 11 is 0. The van der Waals surface area contributed by atoms with Crippen LogP contribution in [0.15, 0.2) is 12.2 Å². The minimum absolute atomic E-state index is 0.115. The van der Waals surface area contributed by atoms with Crippen LogP contribution in [0, 0.1) is 0 Å². The Morgan fingerprint density at radius 3 is 2.53 bits per heavy atom. The molecule has 5 nitrogen and oxygen atoms in total. The zero-order valence-corrected chi connectivity index (χ0v) is 9.10. The standard InChI is InChI=1S/C10H17NO4/c1-3-5-6-7-8-9(12)15-11(4-2)10(13)14/h7-8H,3-6H2,1-2H3,(H,13,14). The molecular weight excluding hydrogens is 198 g/mol. The highest BCUT2D eigenvalue weighted by molar-refractivity contribution is 5.82. The van der Waals surface area contributed by atoms with Crippen LogP contribution in [0.4, 0.5) is 4.79 Å². The molecule has 0 aliphatic carbocycles. The summed E-state index contributed by atoms with van der Waals surface area (Å²) in [4.78, 5) is 26.1. The van der Waals surface area contributed by atoms with Crippen molar-refractivity contribution < 1.29 is 19.5 Å². The molecule has 0 aromatic heterocycles. The smallest absolute Gasteiger partial charge is 0.440 e. The Morgan fingerprint density at radius 2 is 2.07 bits per heavy atom. The van der Waals surface area contributed by atoms with Crippen LogP contribution in [0.3, 0.4) is 0 Å². The average molecular weight is 215 g/mol. The van der Waals surface area contributed by atoms with E-state index in [1.165, 1.54) is 6.08 Å². The van der Waals surface area contributed by atoms with E-state index in [2.05, 4.69) is 11.8 Å². The van der Waals surface area contributed by atoms with E-state index in [4.69, 9.17) is 5.11 Å².